The van der Waals surface area contributed by atoms with Crippen molar-refractivity contribution < 1.29 is 0 Å². The molecule has 0 heterocycles. The van der Waals surface area contributed by atoms with E-state index in [0.717, 1.165) is 5.92 Å². The fourth-order valence-corrected chi connectivity index (χ4v) is 2.59. The number of hydrogen-bond donors (Lipinski definition) is 0. The van der Waals surface area contributed by atoms with Gasteiger partial charge in [0.05, 0.1) is 0 Å². The molecule has 0 N–H and O–H groups in total. The second-order valence-electron chi connectivity index (χ2n) is 4.05. The van der Waals surface area contributed by atoms with Crippen LogP contribution in [-0.4, -0.2) is 0 Å². The number of rotatable bonds is 1. The first kappa shape index (κ1) is 8.10. The van der Waals surface area contributed by atoms with Crippen LogP contribution in [0.5, 0.6) is 0 Å². The van der Waals surface area contributed by atoms with Crippen LogP contribution in [0.2, 0.25) is 0 Å². The van der Waals surface area contributed by atoms with Gasteiger partial charge in [-0.25, -0.2) is 0 Å². The molecule has 2 rings (SSSR count). The maximum atomic E-state index is 2.47. The van der Waals surface area contributed by atoms with Crippen LogP contribution in [0.1, 0.15) is 46.0 Å². The summed E-state index contributed by atoms with van der Waals surface area (Å²) < 4.78 is 0. The van der Waals surface area contributed by atoms with Gasteiger partial charge in [0.2, 0.25) is 0 Å². The van der Waals surface area contributed by atoms with Gasteiger partial charge in [-0.1, -0.05) is 31.1 Å². The van der Waals surface area contributed by atoms with Crippen molar-refractivity contribution in [2.45, 2.75) is 46.0 Å². The Morgan fingerprint density at radius 3 is 2.75 bits per heavy atom. The maximum Gasteiger partial charge on any atom is -0.00125 e. The number of allylic oxidation sites excluding steroid dienone is 4. The summed E-state index contributed by atoms with van der Waals surface area (Å²) >= 11 is 0. The van der Waals surface area contributed by atoms with Gasteiger partial charge in [0.15, 0.2) is 0 Å². The fourth-order valence-electron chi connectivity index (χ4n) is 2.59. The first-order valence-corrected chi connectivity index (χ1v) is 5.25. The minimum atomic E-state index is 0.783. The maximum absolute atomic E-state index is 2.47. The third-order valence-corrected chi connectivity index (χ3v) is 3.40. The predicted molar refractivity (Wildman–Crippen MR) is 53.0 cm³/mol. The fraction of sp³-hybridized carbons (Fsp3) is 0.667. The molecule has 12 heavy (non-hydrogen) atoms. The van der Waals surface area contributed by atoms with E-state index in [1.807, 2.05) is 0 Å². The molecule has 0 fully saturated rings. The van der Waals surface area contributed by atoms with Crippen molar-refractivity contribution in [1.82, 2.24) is 0 Å². The normalized spacial score (nSPS) is 28.8. The Labute approximate surface area is 75.4 Å². The molecule has 0 spiro atoms. The lowest BCUT2D eigenvalue weighted by molar-refractivity contribution is 0.631. The van der Waals surface area contributed by atoms with Gasteiger partial charge >= 0.3 is 0 Å². The Morgan fingerprint density at radius 2 is 2.08 bits per heavy atom. The minimum Gasteiger partial charge on any atom is -0.0633 e. The molecule has 1 unspecified atom stereocenters. The van der Waals surface area contributed by atoms with E-state index < -0.39 is 0 Å². The van der Waals surface area contributed by atoms with Gasteiger partial charge in [0.1, 0.15) is 0 Å². The highest BCUT2D eigenvalue weighted by Gasteiger charge is 2.24. The molecule has 0 radical (unpaired) electrons. The molecule has 2 aliphatic carbocycles. The Kier molecular flexibility index (Phi) is 2.08. The van der Waals surface area contributed by atoms with Crippen LogP contribution in [0.25, 0.3) is 0 Å². The van der Waals surface area contributed by atoms with Crippen molar-refractivity contribution in [2.24, 2.45) is 5.92 Å². The van der Waals surface area contributed by atoms with Crippen LogP contribution in [0.4, 0.5) is 0 Å². The molecule has 1 atom stereocenters. The Balaban J connectivity index is 2.24. The summed E-state index contributed by atoms with van der Waals surface area (Å²) in [5, 5.41) is 0. The van der Waals surface area contributed by atoms with E-state index in [4.69, 9.17) is 0 Å². The van der Waals surface area contributed by atoms with Gasteiger partial charge in [0.25, 0.3) is 0 Å². The van der Waals surface area contributed by atoms with E-state index >= 15 is 0 Å². The van der Waals surface area contributed by atoms with Crippen molar-refractivity contribution in [3.8, 4) is 0 Å². The minimum absolute atomic E-state index is 0.783. The van der Waals surface area contributed by atoms with E-state index in [1.165, 1.54) is 32.1 Å². The molecule has 0 nitrogen and oxygen atoms in total. The molecule has 0 amide bonds. The highest BCUT2D eigenvalue weighted by atomic mass is 14.3. The van der Waals surface area contributed by atoms with E-state index in [2.05, 4.69) is 19.9 Å². The molecule has 0 heteroatoms. The van der Waals surface area contributed by atoms with Crippen molar-refractivity contribution in [3.05, 3.63) is 22.8 Å². The highest BCUT2D eigenvalue weighted by molar-refractivity contribution is 5.42. The molecule has 0 saturated carbocycles. The lowest BCUT2D eigenvalue weighted by atomic mass is 9.87. The summed E-state index contributed by atoms with van der Waals surface area (Å²) in [6.45, 7) is 4.66. The van der Waals surface area contributed by atoms with Gasteiger partial charge in [-0.05, 0) is 43.6 Å². The predicted octanol–water partition coefficient (Wildman–Crippen LogP) is 3.84. The van der Waals surface area contributed by atoms with Crippen LogP contribution in [0.3, 0.4) is 0 Å². The van der Waals surface area contributed by atoms with E-state index in [9.17, 15) is 0 Å². The molecular weight excluding hydrogens is 144 g/mol. The van der Waals surface area contributed by atoms with Crippen LogP contribution >= 0.6 is 0 Å². The lowest BCUT2D eigenvalue weighted by Crippen LogP contribution is -2.02. The monoisotopic (exact) mass is 162 g/mol. The molecule has 0 aromatic heterocycles. The Hall–Kier alpha value is -0.520. The Bertz CT molecular complexity index is 243. The smallest absolute Gasteiger partial charge is 0.00125 e. The van der Waals surface area contributed by atoms with Crippen molar-refractivity contribution in [1.29, 1.82) is 0 Å². The summed E-state index contributed by atoms with van der Waals surface area (Å²) in [5.41, 5.74) is 5.12. The molecule has 2 aliphatic rings. The summed E-state index contributed by atoms with van der Waals surface area (Å²) in [6, 6.07) is 0. The van der Waals surface area contributed by atoms with Crippen LogP contribution in [0, 0.1) is 5.92 Å². The molecule has 0 aromatic carbocycles. The van der Waals surface area contributed by atoms with E-state index in [0.29, 0.717) is 0 Å². The molecular formula is C12H18. The van der Waals surface area contributed by atoms with Gasteiger partial charge in [-0.3, -0.25) is 0 Å². The Morgan fingerprint density at radius 1 is 1.33 bits per heavy atom. The molecule has 0 bridgehead atoms. The summed E-state index contributed by atoms with van der Waals surface area (Å²) in [6.07, 6.45) is 9.28. The molecule has 0 saturated heterocycles. The molecule has 0 aliphatic heterocycles. The molecule has 0 aromatic rings. The first-order chi connectivity index (χ1) is 5.83. The van der Waals surface area contributed by atoms with E-state index in [-0.39, 0.29) is 0 Å². The van der Waals surface area contributed by atoms with Gasteiger partial charge in [-0.15, -0.1) is 0 Å². The van der Waals surface area contributed by atoms with Crippen molar-refractivity contribution in [2.75, 3.05) is 0 Å². The third-order valence-electron chi connectivity index (χ3n) is 3.40. The highest BCUT2D eigenvalue weighted by Crippen LogP contribution is 2.40. The summed E-state index contributed by atoms with van der Waals surface area (Å²) in [5.74, 6) is 0.783. The standard InChI is InChI=1S/C12H18/c1-3-10-8-11-6-4-5-7-12(11)9(10)2/h8-9H,3-7H2,1-2H3. The van der Waals surface area contributed by atoms with Gasteiger partial charge in [-0.2, -0.15) is 0 Å². The first-order valence-electron chi connectivity index (χ1n) is 5.25. The largest absolute Gasteiger partial charge is 0.0633 e. The number of hydrogen-bond acceptors (Lipinski definition) is 0. The topological polar surface area (TPSA) is 0 Å². The zero-order valence-electron chi connectivity index (χ0n) is 8.19. The average Bonchev–Trinajstić information content (AvgIpc) is 2.44. The second-order valence-corrected chi connectivity index (χ2v) is 4.05. The zero-order chi connectivity index (χ0) is 8.55. The molecule has 66 valence electrons. The van der Waals surface area contributed by atoms with Crippen LogP contribution < -0.4 is 0 Å². The van der Waals surface area contributed by atoms with Crippen molar-refractivity contribution >= 4 is 0 Å². The van der Waals surface area contributed by atoms with Gasteiger partial charge in [0, 0.05) is 0 Å². The van der Waals surface area contributed by atoms with Crippen LogP contribution in [-0.2, 0) is 0 Å². The summed E-state index contributed by atoms with van der Waals surface area (Å²) in [4.78, 5) is 0. The zero-order valence-corrected chi connectivity index (χ0v) is 8.19. The van der Waals surface area contributed by atoms with Gasteiger partial charge < -0.3 is 0 Å². The lowest BCUT2D eigenvalue weighted by Gasteiger charge is -2.18. The third kappa shape index (κ3) is 1.14. The van der Waals surface area contributed by atoms with E-state index in [1.54, 1.807) is 16.7 Å². The quantitative estimate of drug-likeness (QED) is 0.549. The SMILES string of the molecule is CCC1=CC2=C(CCCC2)C1C. The average molecular weight is 162 g/mol. The second kappa shape index (κ2) is 3.08. The summed E-state index contributed by atoms with van der Waals surface area (Å²) in [7, 11) is 0. The van der Waals surface area contributed by atoms with Crippen LogP contribution in [0.15, 0.2) is 22.8 Å². The van der Waals surface area contributed by atoms with Crippen molar-refractivity contribution in [3.63, 3.8) is 0 Å².